The highest BCUT2D eigenvalue weighted by molar-refractivity contribution is 6.33. The van der Waals surface area contributed by atoms with Crippen molar-refractivity contribution in [3.05, 3.63) is 23.2 Å². The Morgan fingerprint density at radius 1 is 1.59 bits per heavy atom. The fourth-order valence-electron chi connectivity index (χ4n) is 1.51. The summed E-state index contributed by atoms with van der Waals surface area (Å²) in [5, 5.41) is 9.40. The van der Waals surface area contributed by atoms with Gasteiger partial charge in [-0.15, -0.1) is 0 Å². The number of ether oxygens (including phenoxy) is 1. The van der Waals surface area contributed by atoms with Gasteiger partial charge in [0.25, 0.3) is 0 Å². The van der Waals surface area contributed by atoms with Crippen molar-refractivity contribution in [2.45, 2.75) is 6.92 Å². The lowest BCUT2D eigenvalue weighted by atomic mass is 10.1. The van der Waals surface area contributed by atoms with E-state index in [1.807, 2.05) is 18.0 Å². The number of carboxylic acids is 1. The third-order valence-corrected chi connectivity index (χ3v) is 2.84. The predicted octanol–water partition coefficient (Wildman–Crippen LogP) is 2.51. The van der Waals surface area contributed by atoms with E-state index in [4.69, 9.17) is 21.4 Å². The quantitative estimate of drug-likeness (QED) is 0.881. The van der Waals surface area contributed by atoms with Crippen LogP contribution in [0.25, 0.3) is 0 Å². The van der Waals surface area contributed by atoms with Crippen molar-refractivity contribution >= 4 is 23.3 Å². The smallest absolute Gasteiger partial charge is 0.308 e. The monoisotopic (exact) mass is 257 g/mol. The number of carboxylic acid groups (broad SMARTS) is 1. The number of methoxy groups -OCH3 is 1. The number of hydrogen-bond acceptors (Lipinski definition) is 3. The second-order valence-electron chi connectivity index (χ2n) is 3.94. The molecular weight excluding hydrogens is 242 g/mol. The summed E-state index contributed by atoms with van der Waals surface area (Å²) in [6.07, 6.45) is 0. The molecule has 0 aliphatic rings. The van der Waals surface area contributed by atoms with E-state index in [1.54, 1.807) is 26.2 Å². The molecule has 94 valence electrons. The number of aliphatic carboxylic acids is 1. The van der Waals surface area contributed by atoms with Gasteiger partial charge in [0.2, 0.25) is 0 Å². The predicted molar refractivity (Wildman–Crippen MR) is 68.1 cm³/mol. The standard InChI is InChI=1S/C12H16ClNO3/c1-8(12(15)16)7-14(2)11-5-4-9(17-3)6-10(11)13/h4-6,8H,7H2,1-3H3,(H,15,16). The average Bonchev–Trinajstić information content (AvgIpc) is 2.28. The summed E-state index contributed by atoms with van der Waals surface area (Å²) >= 11 is 6.10. The molecular formula is C12H16ClNO3. The molecule has 0 heterocycles. The van der Waals surface area contributed by atoms with E-state index >= 15 is 0 Å². The molecule has 0 bridgehead atoms. The molecule has 1 rings (SSSR count). The zero-order valence-corrected chi connectivity index (χ0v) is 10.9. The zero-order valence-electron chi connectivity index (χ0n) is 10.1. The van der Waals surface area contributed by atoms with Gasteiger partial charge in [-0.3, -0.25) is 4.79 Å². The van der Waals surface area contributed by atoms with E-state index in [0.717, 1.165) is 5.69 Å². The van der Waals surface area contributed by atoms with Crippen LogP contribution in [0.3, 0.4) is 0 Å². The summed E-state index contributed by atoms with van der Waals surface area (Å²) in [7, 11) is 3.38. The maximum absolute atomic E-state index is 10.8. The van der Waals surface area contributed by atoms with E-state index in [2.05, 4.69) is 0 Å². The van der Waals surface area contributed by atoms with Gasteiger partial charge in [0.1, 0.15) is 5.75 Å². The van der Waals surface area contributed by atoms with Gasteiger partial charge < -0.3 is 14.7 Å². The van der Waals surface area contributed by atoms with Crippen LogP contribution < -0.4 is 9.64 Å². The van der Waals surface area contributed by atoms with Gasteiger partial charge in [0, 0.05) is 19.7 Å². The Balaban J connectivity index is 2.82. The van der Waals surface area contributed by atoms with Crippen LogP contribution in [0, 0.1) is 5.92 Å². The molecule has 0 radical (unpaired) electrons. The molecule has 0 aliphatic carbocycles. The molecule has 0 saturated carbocycles. The van der Waals surface area contributed by atoms with Crippen molar-refractivity contribution in [1.29, 1.82) is 0 Å². The SMILES string of the molecule is COc1ccc(N(C)CC(C)C(=O)O)c(Cl)c1. The Bertz CT molecular complexity index is 409. The first-order valence-corrected chi connectivity index (χ1v) is 5.61. The number of hydrogen-bond donors (Lipinski definition) is 1. The summed E-state index contributed by atoms with van der Waals surface area (Å²) in [6.45, 7) is 2.07. The molecule has 17 heavy (non-hydrogen) atoms. The number of rotatable bonds is 5. The minimum Gasteiger partial charge on any atom is -0.497 e. The summed E-state index contributed by atoms with van der Waals surface area (Å²) in [5.74, 6) is -0.585. The summed E-state index contributed by atoms with van der Waals surface area (Å²) in [6, 6.07) is 5.32. The average molecular weight is 258 g/mol. The summed E-state index contributed by atoms with van der Waals surface area (Å²) < 4.78 is 5.05. The molecule has 1 aromatic rings. The van der Waals surface area contributed by atoms with Gasteiger partial charge >= 0.3 is 5.97 Å². The van der Waals surface area contributed by atoms with Crippen molar-refractivity contribution in [3.8, 4) is 5.75 Å². The van der Waals surface area contributed by atoms with Gasteiger partial charge in [0.15, 0.2) is 0 Å². The van der Waals surface area contributed by atoms with E-state index in [0.29, 0.717) is 17.3 Å². The minimum absolute atomic E-state index is 0.404. The van der Waals surface area contributed by atoms with E-state index in [-0.39, 0.29) is 0 Å². The van der Waals surface area contributed by atoms with Crippen molar-refractivity contribution in [2.24, 2.45) is 5.92 Å². The molecule has 1 aromatic carbocycles. The molecule has 0 aromatic heterocycles. The summed E-state index contributed by atoms with van der Waals surface area (Å²) in [4.78, 5) is 12.6. The topological polar surface area (TPSA) is 49.8 Å². The van der Waals surface area contributed by atoms with Crippen LogP contribution in [0.2, 0.25) is 5.02 Å². The highest BCUT2D eigenvalue weighted by Crippen LogP contribution is 2.29. The lowest BCUT2D eigenvalue weighted by Crippen LogP contribution is -2.28. The molecule has 1 atom stereocenters. The molecule has 0 aliphatic heterocycles. The molecule has 4 nitrogen and oxygen atoms in total. The third-order valence-electron chi connectivity index (χ3n) is 2.54. The highest BCUT2D eigenvalue weighted by Gasteiger charge is 2.15. The van der Waals surface area contributed by atoms with Crippen LogP contribution in [0.1, 0.15) is 6.92 Å². The van der Waals surface area contributed by atoms with Gasteiger partial charge in [0.05, 0.1) is 23.7 Å². The Hall–Kier alpha value is -1.42. The minimum atomic E-state index is -0.818. The molecule has 0 fully saturated rings. The van der Waals surface area contributed by atoms with Crippen LogP contribution in [0.4, 0.5) is 5.69 Å². The van der Waals surface area contributed by atoms with Gasteiger partial charge in [-0.05, 0) is 12.1 Å². The lowest BCUT2D eigenvalue weighted by Gasteiger charge is -2.22. The van der Waals surface area contributed by atoms with Crippen LogP contribution in [0.15, 0.2) is 18.2 Å². The molecule has 0 amide bonds. The maximum Gasteiger partial charge on any atom is 0.308 e. The van der Waals surface area contributed by atoms with Crippen LogP contribution in [0.5, 0.6) is 5.75 Å². The van der Waals surface area contributed by atoms with Crippen molar-refractivity contribution < 1.29 is 14.6 Å². The van der Waals surface area contributed by atoms with Crippen LogP contribution >= 0.6 is 11.6 Å². The Kier molecular flexibility index (Phi) is 4.63. The van der Waals surface area contributed by atoms with Crippen molar-refractivity contribution in [2.75, 3.05) is 25.6 Å². The van der Waals surface area contributed by atoms with E-state index in [1.165, 1.54) is 0 Å². The number of benzene rings is 1. The van der Waals surface area contributed by atoms with Crippen LogP contribution in [-0.4, -0.2) is 31.8 Å². The molecule has 5 heteroatoms. The molecule has 1 unspecified atom stereocenters. The van der Waals surface area contributed by atoms with Gasteiger partial charge in [-0.25, -0.2) is 0 Å². The second kappa shape index (κ2) is 5.77. The van der Waals surface area contributed by atoms with E-state index < -0.39 is 11.9 Å². The third kappa shape index (κ3) is 3.53. The first kappa shape index (κ1) is 13.6. The van der Waals surface area contributed by atoms with Gasteiger partial charge in [-0.2, -0.15) is 0 Å². The highest BCUT2D eigenvalue weighted by atomic mass is 35.5. The molecule has 0 saturated heterocycles. The Morgan fingerprint density at radius 2 is 2.24 bits per heavy atom. The second-order valence-corrected chi connectivity index (χ2v) is 4.34. The molecule has 0 spiro atoms. The maximum atomic E-state index is 10.8. The largest absolute Gasteiger partial charge is 0.497 e. The zero-order chi connectivity index (χ0) is 13.0. The first-order valence-electron chi connectivity index (χ1n) is 5.23. The fourth-order valence-corrected chi connectivity index (χ4v) is 1.83. The first-order chi connectivity index (χ1) is 7.95. The number of carbonyl (C=O) groups is 1. The van der Waals surface area contributed by atoms with Crippen LogP contribution in [-0.2, 0) is 4.79 Å². The number of nitrogens with zero attached hydrogens (tertiary/aromatic N) is 1. The summed E-state index contributed by atoms with van der Waals surface area (Å²) in [5.41, 5.74) is 0.792. The Morgan fingerprint density at radius 3 is 2.71 bits per heavy atom. The Labute approximate surface area is 106 Å². The fraction of sp³-hybridized carbons (Fsp3) is 0.417. The van der Waals surface area contributed by atoms with E-state index in [9.17, 15) is 4.79 Å². The van der Waals surface area contributed by atoms with Crippen molar-refractivity contribution in [1.82, 2.24) is 0 Å². The normalized spacial score (nSPS) is 12.0. The van der Waals surface area contributed by atoms with Crippen molar-refractivity contribution in [3.63, 3.8) is 0 Å². The number of anilines is 1. The lowest BCUT2D eigenvalue weighted by molar-refractivity contribution is -0.140. The molecule has 1 N–H and O–H groups in total. The number of halogens is 1. The van der Waals surface area contributed by atoms with Gasteiger partial charge in [-0.1, -0.05) is 18.5 Å².